The minimum absolute atomic E-state index is 0. The molecule has 0 aliphatic rings. The fourth-order valence-corrected chi connectivity index (χ4v) is 3.88. The average Bonchev–Trinajstić information content (AvgIpc) is 3.26. The van der Waals surface area contributed by atoms with Crippen LogP contribution in [-0.4, -0.2) is 39.8 Å². The van der Waals surface area contributed by atoms with E-state index >= 15 is 0 Å². The standard InChI is InChI=1S/C26H28ClN5O3.CH4/c1-26(2,28)25(33)29-21(16-35-15-17-9-5-4-6-10-17)24-31-30-23-20(13-18(27)14-32(23)24)19-11-7-8-12-22(19)34-3;/h4-14,21H,15-16,28H2,1-3H3,(H,29,33);1H4/t21-;/m1./s1. The van der Waals surface area contributed by atoms with Crippen molar-refractivity contribution in [3.63, 3.8) is 0 Å². The van der Waals surface area contributed by atoms with Crippen LogP contribution >= 0.6 is 11.6 Å². The number of nitrogens with two attached hydrogens (primary N) is 1. The molecular formula is C27H32ClN5O3. The SMILES string of the molecule is C.COc1ccccc1-c1cc(Cl)cn2c([C@@H](COCc3ccccc3)NC(=O)C(C)(C)N)nnc12. The summed E-state index contributed by atoms with van der Waals surface area (Å²) in [6, 6.07) is 18.6. The summed E-state index contributed by atoms with van der Waals surface area (Å²) in [5, 5.41) is 12.3. The fraction of sp³-hybridized carbons (Fsp3) is 0.296. The van der Waals surface area contributed by atoms with Crippen molar-refractivity contribution in [2.24, 2.45) is 5.73 Å². The van der Waals surface area contributed by atoms with Crippen LogP contribution in [0.2, 0.25) is 5.02 Å². The second-order valence-electron chi connectivity index (χ2n) is 8.77. The van der Waals surface area contributed by atoms with Gasteiger partial charge >= 0.3 is 0 Å². The summed E-state index contributed by atoms with van der Waals surface area (Å²) in [6.07, 6.45) is 1.72. The van der Waals surface area contributed by atoms with Gasteiger partial charge in [0.15, 0.2) is 11.5 Å². The molecule has 190 valence electrons. The molecule has 3 N–H and O–H groups in total. The lowest BCUT2D eigenvalue weighted by molar-refractivity contribution is -0.126. The van der Waals surface area contributed by atoms with Crippen LogP contribution in [0.4, 0.5) is 0 Å². The van der Waals surface area contributed by atoms with Gasteiger partial charge in [-0.25, -0.2) is 0 Å². The van der Waals surface area contributed by atoms with Crippen LogP contribution in [-0.2, 0) is 16.1 Å². The van der Waals surface area contributed by atoms with Crippen LogP contribution in [0.1, 0.15) is 38.7 Å². The number of hydrogen-bond donors (Lipinski definition) is 2. The number of carbonyl (C=O) groups excluding carboxylic acids is 1. The van der Waals surface area contributed by atoms with E-state index in [1.807, 2.05) is 60.7 Å². The van der Waals surface area contributed by atoms with Crippen LogP contribution in [0.15, 0.2) is 66.9 Å². The number of nitrogens with one attached hydrogen (secondary N) is 1. The van der Waals surface area contributed by atoms with Crippen molar-refractivity contribution >= 4 is 23.2 Å². The number of rotatable bonds is 9. The zero-order valence-corrected chi connectivity index (χ0v) is 20.6. The number of para-hydroxylation sites is 1. The van der Waals surface area contributed by atoms with Crippen molar-refractivity contribution in [2.75, 3.05) is 13.7 Å². The largest absolute Gasteiger partial charge is 0.496 e. The molecule has 0 saturated carbocycles. The monoisotopic (exact) mass is 509 g/mol. The van der Waals surface area contributed by atoms with Crippen LogP contribution in [0.25, 0.3) is 16.8 Å². The number of hydrogen-bond acceptors (Lipinski definition) is 6. The smallest absolute Gasteiger partial charge is 0.240 e. The number of pyridine rings is 1. The Hall–Kier alpha value is -3.46. The Morgan fingerprint density at radius 1 is 1.11 bits per heavy atom. The Kier molecular flexibility index (Phi) is 8.68. The third-order valence-electron chi connectivity index (χ3n) is 5.49. The summed E-state index contributed by atoms with van der Waals surface area (Å²) in [4.78, 5) is 12.8. The summed E-state index contributed by atoms with van der Waals surface area (Å²) in [6.45, 7) is 3.82. The molecule has 9 heteroatoms. The molecule has 0 spiro atoms. The number of halogens is 1. The zero-order chi connectivity index (χ0) is 25.0. The molecule has 0 fully saturated rings. The minimum Gasteiger partial charge on any atom is -0.496 e. The summed E-state index contributed by atoms with van der Waals surface area (Å²) in [7, 11) is 1.61. The Labute approximate surface area is 216 Å². The highest BCUT2D eigenvalue weighted by Crippen LogP contribution is 2.34. The number of fused-ring (bicyclic) bond motifs is 1. The van der Waals surface area contributed by atoms with E-state index in [-0.39, 0.29) is 19.9 Å². The quantitative estimate of drug-likeness (QED) is 0.335. The topological polar surface area (TPSA) is 104 Å². The van der Waals surface area contributed by atoms with Gasteiger partial charge in [0, 0.05) is 17.3 Å². The Balaban J connectivity index is 0.00000361. The Bertz CT molecular complexity index is 1320. The number of benzene rings is 2. The predicted molar refractivity (Wildman–Crippen MR) is 142 cm³/mol. The van der Waals surface area contributed by atoms with Gasteiger partial charge in [0.05, 0.1) is 30.9 Å². The highest BCUT2D eigenvalue weighted by molar-refractivity contribution is 6.31. The molecule has 0 aliphatic carbocycles. The highest BCUT2D eigenvalue weighted by Gasteiger charge is 2.28. The Morgan fingerprint density at radius 2 is 1.81 bits per heavy atom. The lowest BCUT2D eigenvalue weighted by Crippen LogP contribution is -2.50. The van der Waals surface area contributed by atoms with Crippen LogP contribution in [0, 0.1) is 0 Å². The maximum Gasteiger partial charge on any atom is 0.240 e. The van der Waals surface area contributed by atoms with E-state index in [1.54, 1.807) is 31.6 Å². The first-order valence-electron chi connectivity index (χ1n) is 11.2. The van der Waals surface area contributed by atoms with E-state index in [0.717, 1.165) is 16.7 Å². The first-order valence-corrected chi connectivity index (χ1v) is 11.5. The van der Waals surface area contributed by atoms with Gasteiger partial charge in [0.1, 0.15) is 11.8 Å². The maximum absolute atomic E-state index is 12.8. The molecule has 1 amide bonds. The lowest BCUT2D eigenvalue weighted by Gasteiger charge is -2.23. The van der Waals surface area contributed by atoms with E-state index in [0.29, 0.717) is 28.9 Å². The molecular weight excluding hydrogens is 478 g/mol. The number of carbonyl (C=O) groups is 1. The summed E-state index contributed by atoms with van der Waals surface area (Å²) >= 11 is 6.51. The van der Waals surface area contributed by atoms with Gasteiger partial charge < -0.3 is 20.5 Å². The van der Waals surface area contributed by atoms with Gasteiger partial charge in [-0.3, -0.25) is 9.20 Å². The molecule has 8 nitrogen and oxygen atoms in total. The summed E-state index contributed by atoms with van der Waals surface area (Å²) < 4.78 is 13.3. The van der Waals surface area contributed by atoms with E-state index in [4.69, 9.17) is 26.8 Å². The minimum atomic E-state index is -1.08. The van der Waals surface area contributed by atoms with Crippen molar-refractivity contribution in [1.82, 2.24) is 19.9 Å². The maximum atomic E-state index is 12.8. The van der Waals surface area contributed by atoms with E-state index < -0.39 is 11.6 Å². The first kappa shape index (κ1) is 27.1. The number of nitrogens with zero attached hydrogens (tertiary/aromatic N) is 3. The number of amides is 1. The molecule has 4 aromatic rings. The van der Waals surface area contributed by atoms with E-state index in [1.165, 1.54) is 0 Å². The number of aromatic nitrogens is 3. The average molecular weight is 510 g/mol. The van der Waals surface area contributed by atoms with Gasteiger partial charge in [-0.2, -0.15) is 0 Å². The molecule has 0 saturated heterocycles. The van der Waals surface area contributed by atoms with Crippen LogP contribution in [0.3, 0.4) is 0 Å². The van der Waals surface area contributed by atoms with Crippen molar-refractivity contribution in [2.45, 2.75) is 39.5 Å². The third kappa shape index (κ3) is 6.02. The lowest BCUT2D eigenvalue weighted by atomic mass is 10.1. The molecule has 2 aromatic heterocycles. The van der Waals surface area contributed by atoms with Crippen LogP contribution in [0.5, 0.6) is 5.75 Å². The first-order chi connectivity index (χ1) is 16.8. The Morgan fingerprint density at radius 3 is 2.50 bits per heavy atom. The second-order valence-corrected chi connectivity index (χ2v) is 9.21. The number of ether oxygens (including phenoxy) is 2. The summed E-state index contributed by atoms with van der Waals surface area (Å²) in [5.41, 5.74) is 8.12. The molecule has 0 aliphatic heterocycles. The highest BCUT2D eigenvalue weighted by atomic mass is 35.5. The third-order valence-corrected chi connectivity index (χ3v) is 5.70. The molecule has 0 radical (unpaired) electrons. The molecule has 0 unspecified atom stereocenters. The summed E-state index contributed by atoms with van der Waals surface area (Å²) in [5.74, 6) is 0.820. The number of methoxy groups -OCH3 is 1. The predicted octanol–water partition coefficient (Wildman–Crippen LogP) is 4.81. The molecule has 0 bridgehead atoms. The molecule has 36 heavy (non-hydrogen) atoms. The van der Waals surface area contributed by atoms with Crippen molar-refractivity contribution in [3.05, 3.63) is 83.3 Å². The van der Waals surface area contributed by atoms with E-state index in [2.05, 4.69) is 15.5 Å². The van der Waals surface area contributed by atoms with Gasteiger partial charge in [-0.05, 0) is 31.5 Å². The normalized spacial score (nSPS) is 12.1. The second kappa shape index (κ2) is 11.5. The molecule has 4 rings (SSSR count). The van der Waals surface area contributed by atoms with Gasteiger partial charge in [-0.1, -0.05) is 67.6 Å². The molecule has 2 aromatic carbocycles. The van der Waals surface area contributed by atoms with Crippen molar-refractivity contribution < 1.29 is 14.3 Å². The van der Waals surface area contributed by atoms with Gasteiger partial charge in [0.2, 0.25) is 5.91 Å². The van der Waals surface area contributed by atoms with Crippen molar-refractivity contribution in [1.29, 1.82) is 0 Å². The van der Waals surface area contributed by atoms with Crippen molar-refractivity contribution in [3.8, 4) is 16.9 Å². The zero-order valence-electron chi connectivity index (χ0n) is 19.9. The molecule has 1 atom stereocenters. The molecule has 2 heterocycles. The van der Waals surface area contributed by atoms with Gasteiger partial charge in [0.25, 0.3) is 0 Å². The van der Waals surface area contributed by atoms with Crippen LogP contribution < -0.4 is 15.8 Å². The fourth-order valence-electron chi connectivity index (χ4n) is 3.67. The van der Waals surface area contributed by atoms with E-state index in [9.17, 15) is 4.79 Å². The van der Waals surface area contributed by atoms with Gasteiger partial charge in [-0.15, -0.1) is 10.2 Å².